The molecule has 0 radical (unpaired) electrons. The normalized spacial score (nSPS) is 13.3. The molecule has 10 heteroatoms. The molecule has 2 unspecified atom stereocenters. The number of thiazole rings is 1. The molecule has 0 aliphatic carbocycles. The number of aromatic nitrogens is 3. The second-order valence-electron chi connectivity index (χ2n) is 7.49. The summed E-state index contributed by atoms with van der Waals surface area (Å²) < 4.78 is 7.15. The first-order chi connectivity index (χ1) is 14.2. The molecule has 8 nitrogen and oxygen atoms in total. The van der Waals surface area contributed by atoms with E-state index in [1.807, 2.05) is 32.4 Å². The summed E-state index contributed by atoms with van der Waals surface area (Å²) in [4.78, 5) is 21.9. The molecule has 2 N–H and O–H groups in total. The van der Waals surface area contributed by atoms with Gasteiger partial charge in [-0.1, -0.05) is 6.92 Å². The molecule has 174 valence electrons. The zero-order chi connectivity index (χ0) is 22.3. The van der Waals surface area contributed by atoms with Crippen molar-refractivity contribution in [3.8, 4) is 0 Å². The van der Waals surface area contributed by atoms with Crippen molar-refractivity contribution in [2.24, 2.45) is 10.9 Å². The van der Waals surface area contributed by atoms with Crippen molar-refractivity contribution in [3.63, 3.8) is 0 Å². The number of esters is 1. The molecule has 0 aromatic carbocycles. The zero-order valence-corrected chi connectivity index (χ0v) is 22.6. The van der Waals surface area contributed by atoms with E-state index in [1.54, 1.807) is 6.92 Å². The molecule has 0 saturated carbocycles. The molecule has 2 aromatic heterocycles. The topological polar surface area (TPSA) is 93.4 Å². The number of nitrogens with one attached hydrogen (secondary N) is 2. The van der Waals surface area contributed by atoms with Crippen LogP contribution in [0, 0.1) is 26.7 Å². The van der Waals surface area contributed by atoms with Gasteiger partial charge in [-0.15, -0.1) is 35.3 Å². The summed E-state index contributed by atoms with van der Waals surface area (Å²) in [6, 6.07) is 2.00. The second-order valence-corrected chi connectivity index (χ2v) is 8.52. The molecule has 2 atom stereocenters. The van der Waals surface area contributed by atoms with Gasteiger partial charge in [-0.25, -0.2) is 9.78 Å². The summed E-state index contributed by atoms with van der Waals surface area (Å²) in [7, 11) is 0. The van der Waals surface area contributed by atoms with Crippen LogP contribution in [-0.2, 0) is 11.3 Å². The average Bonchev–Trinajstić information content (AvgIpc) is 3.21. The van der Waals surface area contributed by atoms with Crippen LogP contribution in [0.2, 0.25) is 0 Å². The Morgan fingerprint density at radius 3 is 2.58 bits per heavy atom. The number of nitrogens with zero attached hydrogens (tertiary/aromatic N) is 4. The number of aryl methyl sites for hydroxylation is 3. The van der Waals surface area contributed by atoms with Crippen LogP contribution in [0.3, 0.4) is 0 Å². The smallest absolute Gasteiger partial charge is 0.350 e. The fraction of sp³-hybridized carbons (Fsp3) is 0.619. The van der Waals surface area contributed by atoms with Gasteiger partial charge in [0.15, 0.2) is 5.96 Å². The van der Waals surface area contributed by atoms with E-state index in [1.165, 1.54) is 17.0 Å². The Balaban J connectivity index is 0.00000480. The Morgan fingerprint density at radius 1 is 1.29 bits per heavy atom. The highest BCUT2D eigenvalue weighted by Crippen LogP contribution is 2.24. The van der Waals surface area contributed by atoms with E-state index in [-0.39, 0.29) is 36.0 Å². The third-order valence-corrected chi connectivity index (χ3v) is 5.81. The SMILES string of the molecule is CCNC(=NCC(C)Cn1nc(C)cc1C)NC(C)c1nc(C)c(C(=O)OCC)s1.I. The minimum Gasteiger partial charge on any atom is -0.462 e. The third-order valence-electron chi connectivity index (χ3n) is 4.49. The minimum absolute atomic E-state index is 0. The first-order valence-electron chi connectivity index (χ1n) is 10.4. The summed E-state index contributed by atoms with van der Waals surface area (Å²) in [5.74, 6) is 0.756. The van der Waals surface area contributed by atoms with Gasteiger partial charge in [0.2, 0.25) is 0 Å². The molecule has 0 saturated heterocycles. The predicted octanol–water partition coefficient (Wildman–Crippen LogP) is 4.01. The molecule has 0 fully saturated rings. The number of guanidine groups is 1. The lowest BCUT2D eigenvalue weighted by molar-refractivity contribution is 0.0531. The molecule has 0 aliphatic rings. The lowest BCUT2D eigenvalue weighted by atomic mass is 10.2. The lowest BCUT2D eigenvalue weighted by Crippen LogP contribution is -2.39. The molecule has 0 bridgehead atoms. The Labute approximate surface area is 206 Å². The maximum atomic E-state index is 12.1. The van der Waals surface area contributed by atoms with Gasteiger partial charge in [-0.05, 0) is 53.5 Å². The van der Waals surface area contributed by atoms with E-state index in [4.69, 9.17) is 9.73 Å². The number of rotatable bonds is 9. The van der Waals surface area contributed by atoms with Gasteiger partial charge >= 0.3 is 5.97 Å². The minimum atomic E-state index is -0.315. The summed E-state index contributed by atoms with van der Waals surface area (Å²) in [5, 5.41) is 12.0. The van der Waals surface area contributed by atoms with Crippen molar-refractivity contribution < 1.29 is 9.53 Å². The maximum Gasteiger partial charge on any atom is 0.350 e. The van der Waals surface area contributed by atoms with Gasteiger partial charge < -0.3 is 15.4 Å². The summed E-state index contributed by atoms with van der Waals surface area (Å²) in [5.41, 5.74) is 2.90. The quantitative estimate of drug-likeness (QED) is 0.208. The molecular weight excluding hydrogens is 527 g/mol. The predicted molar refractivity (Wildman–Crippen MR) is 137 cm³/mol. The maximum absolute atomic E-state index is 12.1. The van der Waals surface area contributed by atoms with Crippen molar-refractivity contribution in [2.45, 2.75) is 61.1 Å². The van der Waals surface area contributed by atoms with Gasteiger partial charge in [0.05, 0.1) is 24.0 Å². The van der Waals surface area contributed by atoms with Crippen LogP contribution in [-0.4, -0.2) is 46.4 Å². The largest absolute Gasteiger partial charge is 0.462 e. The van der Waals surface area contributed by atoms with Crippen LogP contribution in [0.5, 0.6) is 0 Å². The van der Waals surface area contributed by atoms with Crippen LogP contribution in [0.4, 0.5) is 0 Å². The Hall–Kier alpha value is -1.69. The number of carbonyl (C=O) groups is 1. The van der Waals surface area contributed by atoms with Crippen molar-refractivity contribution in [1.82, 2.24) is 25.4 Å². The van der Waals surface area contributed by atoms with E-state index in [2.05, 4.69) is 40.6 Å². The highest BCUT2D eigenvalue weighted by Gasteiger charge is 2.20. The monoisotopic (exact) mass is 562 g/mol. The first-order valence-corrected chi connectivity index (χ1v) is 11.3. The van der Waals surface area contributed by atoms with Crippen molar-refractivity contribution in [1.29, 1.82) is 0 Å². The van der Waals surface area contributed by atoms with E-state index in [0.29, 0.717) is 29.6 Å². The second kappa shape index (κ2) is 13.0. The molecule has 0 aliphatic heterocycles. The number of hydrogen-bond acceptors (Lipinski definition) is 6. The van der Waals surface area contributed by atoms with Crippen LogP contribution in [0.25, 0.3) is 0 Å². The Morgan fingerprint density at radius 2 is 2.00 bits per heavy atom. The molecule has 0 amide bonds. The van der Waals surface area contributed by atoms with Crippen molar-refractivity contribution in [3.05, 3.63) is 33.0 Å². The molecule has 2 aromatic rings. The van der Waals surface area contributed by atoms with Crippen molar-refractivity contribution >= 4 is 47.2 Å². The Bertz CT molecular complexity index is 879. The lowest BCUT2D eigenvalue weighted by Gasteiger charge is -2.17. The summed E-state index contributed by atoms with van der Waals surface area (Å²) in [6.45, 7) is 16.5. The Kier molecular flexibility index (Phi) is 11.5. The number of carbonyl (C=O) groups excluding carboxylic acids is 1. The zero-order valence-electron chi connectivity index (χ0n) is 19.5. The van der Waals surface area contributed by atoms with Gasteiger partial charge in [0.1, 0.15) is 9.88 Å². The molecule has 0 spiro atoms. The van der Waals surface area contributed by atoms with Gasteiger partial charge in [0, 0.05) is 25.3 Å². The van der Waals surface area contributed by atoms with E-state index >= 15 is 0 Å². The standard InChI is InChI=1S/C21H34N6O2S.HI/c1-8-22-21(23-11-13(3)12-27-15(5)10-14(4)26-27)25-17(7)19-24-16(6)18(30-19)20(28)29-9-2;/h10,13,17H,8-9,11-12H2,1-7H3,(H2,22,23,25);1H. The van der Waals surface area contributed by atoms with Crippen LogP contribution in [0.15, 0.2) is 11.1 Å². The average molecular weight is 563 g/mol. The van der Waals surface area contributed by atoms with E-state index in [9.17, 15) is 4.79 Å². The number of hydrogen-bond donors (Lipinski definition) is 2. The van der Waals surface area contributed by atoms with Gasteiger partial charge in [0.25, 0.3) is 0 Å². The summed E-state index contributed by atoms with van der Waals surface area (Å²) in [6.07, 6.45) is 0. The number of aliphatic imine (C=N–C) groups is 1. The van der Waals surface area contributed by atoms with Crippen molar-refractivity contribution in [2.75, 3.05) is 19.7 Å². The van der Waals surface area contributed by atoms with Crippen LogP contribution in [0.1, 0.15) is 65.5 Å². The van der Waals surface area contributed by atoms with Gasteiger partial charge in [-0.2, -0.15) is 5.10 Å². The number of halogens is 1. The van der Waals surface area contributed by atoms with Crippen LogP contribution < -0.4 is 10.6 Å². The molecule has 2 rings (SSSR count). The fourth-order valence-corrected chi connectivity index (χ4v) is 4.00. The number of ether oxygens (including phenoxy) is 1. The van der Waals surface area contributed by atoms with Crippen LogP contribution >= 0.6 is 35.3 Å². The highest BCUT2D eigenvalue weighted by molar-refractivity contribution is 14.0. The third kappa shape index (κ3) is 8.06. The molecular formula is C21H35IN6O2S. The van der Waals surface area contributed by atoms with Gasteiger partial charge in [-0.3, -0.25) is 9.67 Å². The molecule has 31 heavy (non-hydrogen) atoms. The highest BCUT2D eigenvalue weighted by atomic mass is 127. The first kappa shape index (κ1) is 27.3. The van der Waals surface area contributed by atoms with E-state index < -0.39 is 0 Å². The molecule has 2 heterocycles. The fourth-order valence-electron chi connectivity index (χ4n) is 3.04. The summed E-state index contributed by atoms with van der Waals surface area (Å²) >= 11 is 1.36. The van der Waals surface area contributed by atoms with E-state index in [0.717, 1.165) is 29.8 Å².